The van der Waals surface area contributed by atoms with Gasteiger partial charge in [-0.15, -0.1) is 0 Å². The second-order valence-electron chi connectivity index (χ2n) is 5.47. The molecule has 22 heavy (non-hydrogen) atoms. The summed E-state index contributed by atoms with van der Waals surface area (Å²) in [6.07, 6.45) is -1.61. The third-order valence-electron chi connectivity index (χ3n) is 2.60. The molecule has 9 nitrogen and oxygen atoms in total. The molecule has 1 rings (SSSR count). The highest BCUT2D eigenvalue weighted by molar-refractivity contribution is 7.87. The molecule has 0 aliphatic heterocycles. The van der Waals surface area contributed by atoms with E-state index in [1.807, 2.05) is 0 Å². The van der Waals surface area contributed by atoms with Gasteiger partial charge in [0.1, 0.15) is 0 Å². The second kappa shape index (κ2) is 6.28. The van der Waals surface area contributed by atoms with Gasteiger partial charge in [0.15, 0.2) is 0 Å². The highest BCUT2D eigenvalue weighted by Crippen LogP contribution is 2.18. The predicted octanol–water partition coefficient (Wildman–Crippen LogP) is 1.71. The van der Waals surface area contributed by atoms with Crippen molar-refractivity contribution in [3.05, 3.63) is 39.9 Å². The van der Waals surface area contributed by atoms with E-state index in [2.05, 4.69) is 4.72 Å². The van der Waals surface area contributed by atoms with Crippen molar-refractivity contribution in [1.29, 1.82) is 0 Å². The van der Waals surface area contributed by atoms with Crippen LogP contribution < -0.4 is 4.72 Å². The van der Waals surface area contributed by atoms with E-state index in [9.17, 15) is 23.3 Å². The molecule has 1 aromatic rings. The fraction of sp³-hybridized carbons (Fsp3) is 0.417. The maximum absolute atomic E-state index is 12.1. The molecule has 2 N–H and O–H groups in total. The van der Waals surface area contributed by atoms with Gasteiger partial charge in [-0.2, -0.15) is 17.4 Å². The molecule has 0 bridgehead atoms. The van der Waals surface area contributed by atoms with Crippen molar-refractivity contribution < 1.29 is 23.2 Å². The van der Waals surface area contributed by atoms with Crippen LogP contribution >= 0.6 is 0 Å². The summed E-state index contributed by atoms with van der Waals surface area (Å²) in [5, 5.41) is 19.7. The second-order valence-corrected chi connectivity index (χ2v) is 7.07. The SMILES string of the molecule is CC(C)(C)N(C(=O)O)S(=O)(=O)NCc1cccc([N+](=O)[O-])c1. The van der Waals surface area contributed by atoms with Crippen molar-refractivity contribution in [2.75, 3.05) is 0 Å². The highest BCUT2D eigenvalue weighted by atomic mass is 32.2. The lowest BCUT2D eigenvalue weighted by molar-refractivity contribution is -0.384. The number of non-ortho nitro benzene ring substituents is 1. The number of nitrogens with zero attached hydrogens (tertiary/aromatic N) is 2. The molecule has 0 heterocycles. The van der Waals surface area contributed by atoms with Crippen molar-refractivity contribution in [3.8, 4) is 0 Å². The summed E-state index contributed by atoms with van der Waals surface area (Å²) in [6.45, 7) is 4.05. The van der Waals surface area contributed by atoms with E-state index >= 15 is 0 Å². The first-order valence-electron chi connectivity index (χ1n) is 6.21. The Hall–Kier alpha value is -2.20. The lowest BCUT2D eigenvalue weighted by Crippen LogP contribution is -2.53. The van der Waals surface area contributed by atoms with Crippen LogP contribution in [0.2, 0.25) is 0 Å². The van der Waals surface area contributed by atoms with E-state index in [4.69, 9.17) is 5.11 Å². The van der Waals surface area contributed by atoms with Crippen molar-refractivity contribution in [2.45, 2.75) is 32.9 Å². The van der Waals surface area contributed by atoms with Crippen LogP contribution in [0, 0.1) is 10.1 Å². The summed E-state index contributed by atoms with van der Waals surface area (Å²) >= 11 is 0. The molecule has 0 aliphatic carbocycles. The molecule has 0 radical (unpaired) electrons. The van der Waals surface area contributed by atoms with Crippen molar-refractivity contribution in [3.63, 3.8) is 0 Å². The number of carbonyl (C=O) groups is 1. The number of rotatable bonds is 5. The Morgan fingerprint density at radius 1 is 1.41 bits per heavy atom. The van der Waals surface area contributed by atoms with Gasteiger partial charge in [-0.05, 0) is 26.3 Å². The Balaban J connectivity index is 2.96. The maximum atomic E-state index is 12.1. The average molecular weight is 331 g/mol. The minimum Gasteiger partial charge on any atom is -0.464 e. The zero-order valence-electron chi connectivity index (χ0n) is 12.3. The van der Waals surface area contributed by atoms with E-state index in [0.29, 0.717) is 9.87 Å². The first-order valence-corrected chi connectivity index (χ1v) is 7.65. The molecule has 0 atom stereocenters. The van der Waals surface area contributed by atoms with Gasteiger partial charge in [0.25, 0.3) is 5.69 Å². The first-order chi connectivity index (χ1) is 9.95. The van der Waals surface area contributed by atoms with Gasteiger partial charge in [0.2, 0.25) is 0 Å². The molecule has 0 unspecified atom stereocenters. The van der Waals surface area contributed by atoms with Gasteiger partial charge in [-0.1, -0.05) is 12.1 Å². The third-order valence-corrected chi connectivity index (χ3v) is 4.30. The number of carboxylic acid groups (broad SMARTS) is 1. The molecule has 10 heteroatoms. The smallest absolute Gasteiger partial charge is 0.422 e. The molecular weight excluding hydrogens is 314 g/mol. The molecule has 0 fully saturated rings. The quantitative estimate of drug-likeness (QED) is 0.624. The number of benzene rings is 1. The van der Waals surface area contributed by atoms with Crippen molar-refractivity contribution >= 4 is 22.0 Å². The van der Waals surface area contributed by atoms with E-state index in [-0.39, 0.29) is 12.2 Å². The molecule has 0 aliphatic rings. The maximum Gasteiger partial charge on any atom is 0.422 e. The highest BCUT2D eigenvalue weighted by Gasteiger charge is 2.36. The Bertz CT molecular complexity index is 680. The zero-order valence-corrected chi connectivity index (χ0v) is 13.1. The van der Waals surface area contributed by atoms with Crippen molar-refractivity contribution in [2.24, 2.45) is 0 Å². The molecule has 0 saturated carbocycles. The number of nitro groups is 1. The summed E-state index contributed by atoms with van der Waals surface area (Å²) in [6, 6.07) is 5.40. The van der Waals surface area contributed by atoms with Crippen LogP contribution in [0.15, 0.2) is 24.3 Å². The topological polar surface area (TPSA) is 130 Å². The van der Waals surface area contributed by atoms with Crippen LogP contribution in [0.1, 0.15) is 26.3 Å². The van der Waals surface area contributed by atoms with Gasteiger partial charge in [0.05, 0.1) is 10.5 Å². The number of amides is 1. The molecule has 0 aromatic heterocycles. The Kier molecular flexibility index (Phi) is 5.09. The Morgan fingerprint density at radius 2 is 2.00 bits per heavy atom. The third kappa shape index (κ3) is 4.40. The Labute approximate surface area is 127 Å². The first kappa shape index (κ1) is 17.9. The minimum atomic E-state index is -4.30. The average Bonchev–Trinajstić information content (AvgIpc) is 2.34. The minimum absolute atomic E-state index is 0.178. The summed E-state index contributed by atoms with van der Waals surface area (Å²) in [5.41, 5.74) is -1.000. The van der Waals surface area contributed by atoms with Crippen LogP contribution in [0.3, 0.4) is 0 Å². The molecular formula is C12H17N3O6S. The van der Waals surface area contributed by atoms with Crippen molar-refractivity contribution in [1.82, 2.24) is 9.03 Å². The van der Waals surface area contributed by atoms with Gasteiger partial charge in [-0.25, -0.2) is 4.79 Å². The molecule has 1 amide bonds. The van der Waals surface area contributed by atoms with Crippen LogP contribution in [-0.2, 0) is 16.8 Å². The fourth-order valence-corrected chi connectivity index (χ4v) is 3.17. The summed E-state index contributed by atoms with van der Waals surface area (Å²) in [4.78, 5) is 21.2. The van der Waals surface area contributed by atoms with Crippen LogP contribution in [0.4, 0.5) is 10.5 Å². The van der Waals surface area contributed by atoms with E-state index in [0.717, 1.165) is 0 Å². The van der Waals surface area contributed by atoms with Crippen LogP contribution in [-0.4, -0.2) is 34.4 Å². The van der Waals surface area contributed by atoms with E-state index in [1.54, 1.807) is 0 Å². The van der Waals surface area contributed by atoms with Gasteiger partial charge in [0, 0.05) is 18.7 Å². The van der Waals surface area contributed by atoms with Gasteiger partial charge < -0.3 is 5.11 Å². The number of hydrogen-bond donors (Lipinski definition) is 2. The summed E-state index contributed by atoms with van der Waals surface area (Å²) < 4.78 is 26.6. The van der Waals surface area contributed by atoms with Gasteiger partial charge >= 0.3 is 16.3 Å². The van der Waals surface area contributed by atoms with E-state index < -0.39 is 26.8 Å². The number of hydrogen-bond acceptors (Lipinski definition) is 5. The Morgan fingerprint density at radius 3 is 2.45 bits per heavy atom. The zero-order chi connectivity index (χ0) is 17.1. The number of nitrogens with one attached hydrogen (secondary N) is 1. The van der Waals surface area contributed by atoms with E-state index in [1.165, 1.54) is 45.0 Å². The normalized spacial score (nSPS) is 12.0. The predicted molar refractivity (Wildman–Crippen MR) is 78.5 cm³/mol. The summed E-state index contributed by atoms with van der Waals surface area (Å²) in [7, 11) is -4.30. The standard InChI is InChI=1S/C12H17N3O6S/c1-12(2,3)14(11(16)17)22(20,21)13-8-9-5-4-6-10(7-9)15(18)19/h4-7,13H,8H2,1-3H3,(H,16,17). The fourth-order valence-electron chi connectivity index (χ4n) is 1.77. The van der Waals surface area contributed by atoms with Gasteiger partial charge in [-0.3, -0.25) is 10.1 Å². The molecule has 1 aromatic carbocycles. The molecule has 0 saturated heterocycles. The van der Waals surface area contributed by atoms with Crippen LogP contribution in [0.25, 0.3) is 0 Å². The summed E-state index contributed by atoms with van der Waals surface area (Å²) in [5.74, 6) is 0. The monoisotopic (exact) mass is 331 g/mol. The largest absolute Gasteiger partial charge is 0.464 e. The lowest BCUT2D eigenvalue weighted by atomic mass is 10.1. The van der Waals surface area contributed by atoms with Crippen LogP contribution in [0.5, 0.6) is 0 Å². The molecule has 122 valence electrons. The number of nitro benzene ring substituents is 1. The molecule has 0 spiro atoms. The lowest BCUT2D eigenvalue weighted by Gasteiger charge is -2.31.